The van der Waals surface area contributed by atoms with Crippen LogP contribution in [0.5, 0.6) is 5.75 Å². The number of carbonyl (C=O) groups excluding carboxylic acids is 1. The largest absolute Gasteiger partial charge is 0.507 e. The third-order valence-electron chi connectivity index (χ3n) is 3.23. The fourth-order valence-corrected chi connectivity index (χ4v) is 2.18. The van der Waals surface area contributed by atoms with Gasteiger partial charge in [-0.2, -0.15) is 0 Å². The molecule has 1 N–H and O–H groups in total. The Kier molecular flexibility index (Phi) is 3.55. The van der Waals surface area contributed by atoms with E-state index in [9.17, 15) is 9.90 Å². The topological polar surface area (TPSA) is 63.8 Å². The Bertz CT molecular complexity index is 780. The number of ether oxygens (including phenoxy) is 1. The molecule has 0 radical (unpaired) electrons. The number of esters is 1. The lowest BCUT2D eigenvalue weighted by molar-refractivity contribution is 0.0505. The number of para-hydroxylation sites is 1. The molecule has 0 amide bonds. The Morgan fingerprint density at radius 2 is 2.05 bits per heavy atom. The molecule has 0 saturated carbocycles. The van der Waals surface area contributed by atoms with Crippen LogP contribution in [0.25, 0.3) is 5.65 Å². The molecule has 0 saturated heterocycles. The Morgan fingerprint density at radius 1 is 1.19 bits per heavy atom. The third kappa shape index (κ3) is 2.72. The molecular weight excluding hydrogens is 268 g/mol. The Balaban J connectivity index is 1.65. The fraction of sp³-hybridized carbons (Fsp3) is 0.125. The maximum Gasteiger partial charge on any atom is 0.341 e. The van der Waals surface area contributed by atoms with Gasteiger partial charge in [-0.15, -0.1) is 0 Å². The number of hydrogen-bond acceptors (Lipinski definition) is 4. The van der Waals surface area contributed by atoms with E-state index in [0.717, 1.165) is 11.3 Å². The summed E-state index contributed by atoms with van der Waals surface area (Å²) in [6.45, 7) is 0.241. The van der Waals surface area contributed by atoms with Gasteiger partial charge >= 0.3 is 5.97 Å². The van der Waals surface area contributed by atoms with E-state index in [1.807, 2.05) is 28.8 Å². The molecule has 0 bridgehead atoms. The van der Waals surface area contributed by atoms with Gasteiger partial charge in [0.05, 0.1) is 6.61 Å². The van der Waals surface area contributed by atoms with Gasteiger partial charge < -0.3 is 14.2 Å². The quantitative estimate of drug-likeness (QED) is 0.746. The van der Waals surface area contributed by atoms with Gasteiger partial charge in [0.1, 0.15) is 17.0 Å². The minimum absolute atomic E-state index is 0.0702. The molecule has 5 heteroatoms. The number of pyridine rings is 1. The van der Waals surface area contributed by atoms with Crippen LogP contribution in [0.15, 0.2) is 54.9 Å². The number of aromatic nitrogens is 2. The summed E-state index contributed by atoms with van der Waals surface area (Å²) in [6.07, 6.45) is 4.18. The second-order valence-electron chi connectivity index (χ2n) is 4.58. The van der Waals surface area contributed by atoms with Crippen LogP contribution in [0.3, 0.4) is 0 Å². The number of fused-ring (bicyclic) bond motifs is 1. The number of phenols is 1. The maximum atomic E-state index is 11.9. The van der Waals surface area contributed by atoms with E-state index in [1.165, 1.54) is 12.1 Å². The first kappa shape index (κ1) is 13.2. The SMILES string of the molecule is O=C(OCCc1cccc2nccn12)c1ccccc1O. The zero-order chi connectivity index (χ0) is 14.7. The minimum atomic E-state index is -0.522. The summed E-state index contributed by atoms with van der Waals surface area (Å²) in [5, 5.41) is 9.60. The maximum absolute atomic E-state index is 11.9. The second kappa shape index (κ2) is 5.66. The smallest absolute Gasteiger partial charge is 0.341 e. The number of nitrogens with zero attached hydrogens (tertiary/aromatic N) is 2. The van der Waals surface area contributed by atoms with Gasteiger partial charge in [-0.05, 0) is 24.3 Å². The number of hydrogen-bond donors (Lipinski definition) is 1. The third-order valence-corrected chi connectivity index (χ3v) is 3.23. The average molecular weight is 282 g/mol. The Morgan fingerprint density at radius 3 is 2.90 bits per heavy atom. The molecule has 0 aliphatic carbocycles. The van der Waals surface area contributed by atoms with Crippen molar-refractivity contribution in [1.29, 1.82) is 0 Å². The van der Waals surface area contributed by atoms with Crippen molar-refractivity contribution in [2.45, 2.75) is 6.42 Å². The first-order valence-corrected chi connectivity index (χ1v) is 6.62. The van der Waals surface area contributed by atoms with E-state index in [0.29, 0.717) is 6.42 Å². The highest BCUT2D eigenvalue weighted by atomic mass is 16.5. The second-order valence-corrected chi connectivity index (χ2v) is 4.58. The summed E-state index contributed by atoms with van der Waals surface area (Å²) < 4.78 is 7.16. The number of carbonyl (C=O) groups is 1. The van der Waals surface area contributed by atoms with Crippen molar-refractivity contribution in [3.8, 4) is 5.75 Å². The van der Waals surface area contributed by atoms with Crippen molar-refractivity contribution in [3.63, 3.8) is 0 Å². The van der Waals surface area contributed by atoms with Crippen LogP contribution < -0.4 is 0 Å². The van der Waals surface area contributed by atoms with Crippen molar-refractivity contribution < 1.29 is 14.6 Å². The molecule has 0 unspecified atom stereocenters. The molecule has 106 valence electrons. The average Bonchev–Trinajstić information content (AvgIpc) is 2.97. The number of aromatic hydroxyl groups is 1. The van der Waals surface area contributed by atoms with Crippen LogP contribution in [-0.2, 0) is 11.2 Å². The molecule has 0 aliphatic rings. The Hall–Kier alpha value is -2.82. The summed E-state index contributed by atoms with van der Waals surface area (Å²) in [7, 11) is 0. The molecular formula is C16H14N2O3. The molecule has 0 aliphatic heterocycles. The number of imidazole rings is 1. The predicted octanol–water partition coefficient (Wildman–Crippen LogP) is 2.44. The van der Waals surface area contributed by atoms with Crippen molar-refractivity contribution >= 4 is 11.6 Å². The number of phenolic OH excluding ortho intramolecular Hbond substituents is 1. The highest BCUT2D eigenvalue weighted by Gasteiger charge is 2.11. The zero-order valence-electron chi connectivity index (χ0n) is 11.3. The monoisotopic (exact) mass is 282 g/mol. The van der Waals surface area contributed by atoms with Gasteiger partial charge in [-0.3, -0.25) is 0 Å². The number of benzene rings is 1. The molecule has 0 fully saturated rings. The summed E-state index contributed by atoms with van der Waals surface area (Å²) in [5.41, 5.74) is 2.05. The summed E-state index contributed by atoms with van der Waals surface area (Å²) in [5.74, 6) is -0.592. The van der Waals surface area contributed by atoms with Gasteiger partial charge in [-0.25, -0.2) is 9.78 Å². The fourth-order valence-electron chi connectivity index (χ4n) is 2.18. The van der Waals surface area contributed by atoms with Gasteiger partial charge in [0.25, 0.3) is 0 Å². The lowest BCUT2D eigenvalue weighted by atomic mass is 10.2. The van der Waals surface area contributed by atoms with Gasteiger partial charge in [0.2, 0.25) is 0 Å². The van der Waals surface area contributed by atoms with E-state index in [4.69, 9.17) is 4.74 Å². The zero-order valence-corrected chi connectivity index (χ0v) is 11.3. The molecule has 2 aromatic heterocycles. The van der Waals surface area contributed by atoms with Gasteiger partial charge in [0, 0.05) is 24.5 Å². The first-order valence-electron chi connectivity index (χ1n) is 6.62. The van der Waals surface area contributed by atoms with Crippen molar-refractivity contribution in [1.82, 2.24) is 9.38 Å². The van der Waals surface area contributed by atoms with E-state index in [-0.39, 0.29) is 17.9 Å². The first-order chi connectivity index (χ1) is 10.3. The highest BCUT2D eigenvalue weighted by Crippen LogP contribution is 2.16. The summed E-state index contributed by atoms with van der Waals surface area (Å²) in [6, 6.07) is 12.1. The molecule has 3 aromatic rings. The van der Waals surface area contributed by atoms with Crippen molar-refractivity contribution in [2.75, 3.05) is 6.61 Å². The molecule has 5 nitrogen and oxygen atoms in total. The normalized spacial score (nSPS) is 10.7. The molecule has 21 heavy (non-hydrogen) atoms. The lowest BCUT2D eigenvalue weighted by Gasteiger charge is -2.08. The molecule has 0 atom stereocenters. The van der Waals surface area contributed by atoms with Crippen LogP contribution in [0, 0.1) is 0 Å². The summed E-state index contributed by atoms with van der Waals surface area (Å²) >= 11 is 0. The lowest BCUT2D eigenvalue weighted by Crippen LogP contribution is -2.09. The molecule has 2 heterocycles. The van der Waals surface area contributed by atoms with Gasteiger partial charge in [0.15, 0.2) is 0 Å². The van der Waals surface area contributed by atoms with Crippen molar-refractivity contribution in [3.05, 3.63) is 66.1 Å². The number of rotatable bonds is 4. The standard InChI is InChI=1S/C16H14N2O3/c19-14-6-2-1-5-13(14)16(20)21-11-8-12-4-3-7-15-17-9-10-18(12)15/h1-7,9-10,19H,8,11H2. The Labute approximate surface area is 121 Å². The van der Waals surface area contributed by atoms with E-state index in [1.54, 1.807) is 18.3 Å². The van der Waals surface area contributed by atoms with Crippen LogP contribution in [-0.4, -0.2) is 27.1 Å². The van der Waals surface area contributed by atoms with Crippen LogP contribution >= 0.6 is 0 Å². The molecule has 0 spiro atoms. The van der Waals surface area contributed by atoms with Crippen LogP contribution in [0.1, 0.15) is 16.1 Å². The van der Waals surface area contributed by atoms with E-state index in [2.05, 4.69) is 4.98 Å². The van der Waals surface area contributed by atoms with E-state index >= 15 is 0 Å². The van der Waals surface area contributed by atoms with Crippen molar-refractivity contribution in [2.24, 2.45) is 0 Å². The van der Waals surface area contributed by atoms with E-state index < -0.39 is 5.97 Å². The predicted molar refractivity (Wildman–Crippen MR) is 77.3 cm³/mol. The molecule has 1 aromatic carbocycles. The van der Waals surface area contributed by atoms with Crippen LogP contribution in [0.2, 0.25) is 0 Å². The highest BCUT2D eigenvalue weighted by molar-refractivity contribution is 5.92. The van der Waals surface area contributed by atoms with Gasteiger partial charge in [-0.1, -0.05) is 18.2 Å². The minimum Gasteiger partial charge on any atom is -0.507 e. The van der Waals surface area contributed by atoms with Crippen LogP contribution in [0.4, 0.5) is 0 Å². The summed E-state index contributed by atoms with van der Waals surface area (Å²) in [4.78, 5) is 16.1. The molecule has 3 rings (SSSR count).